The molecule has 24 heavy (non-hydrogen) atoms. The summed E-state index contributed by atoms with van der Waals surface area (Å²) in [6.07, 6.45) is 1.26. The van der Waals surface area contributed by atoms with Crippen molar-refractivity contribution in [2.75, 3.05) is 0 Å². The van der Waals surface area contributed by atoms with Gasteiger partial charge in [0, 0.05) is 11.6 Å². The van der Waals surface area contributed by atoms with Gasteiger partial charge in [-0.1, -0.05) is 45.0 Å². The van der Waals surface area contributed by atoms with Gasteiger partial charge in [-0.15, -0.1) is 0 Å². The Kier molecular flexibility index (Phi) is 5.08. The van der Waals surface area contributed by atoms with Crippen LogP contribution in [0, 0.1) is 10.1 Å². The zero-order chi connectivity index (χ0) is 17.7. The average Bonchev–Trinajstić information content (AvgIpc) is 2.54. The molecule has 0 aliphatic carbocycles. The van der Waals surface area contributed by atoms with E-state index in [9.17, 15) is 14.9 Å². The minimum atomic E-state index is -0.492. The number of amides is 1. The van der Waals surface area contributed by atoms with Crippen LogP contribution in [0.15, 0.2) is 53.6 Å². The van der Waals surface area contributed by atoms with Crippen LogP contribution >= 0.6 is 0 Å². The zero-order valence-electron chi connectivity index (χ0n) is 13.8. The minimum Gasteiger partial charge on any atom is -0.267 e. The highest BCUT2D eigenvalue weighted by atomic mass is 16.6. The van der Waals surface area contributed by atoms with E-state index < -0.39 is 4.92 Å². The molecule has 1 amide bonds. The van der Waals surface area contributed by atoms with Crippen molar-refractivity contribution in [3.8, 4) is 0 Å². The number of hydrogen-bond donors (Lipinski definition) is 1. The van der Waals surface area contributed by atoms with Gasteiger partial charge in [0.25, 0.3) is 11.6 Å². The van der Waals surface area contributed by atoms with E-state index in [-0.39, 0.29) is 17.0 Å². The topological polar surface area (TPSA) is 84.6 Å². The molecule has 1 N–H and O–H groups in total. The zero-order valence-corrected chi connectivity index (χ0v) is 13.8. The monoisotopic (exact) mass is 325 g/mol. The molecule has 6 nitrogen and oxygen atoms in total. The molecule has 2 aromatic rings. The lowest BCUT2D eigenvalue weighted by molar-refractivity contribution is -0.385. The Bertz CT molecular complexity index is 775. The van der Waals surface area contributed by atoms with Gasteiger partial charge in [-0.3, -0.25) is 14.9 Å². The molecular weight excluding hydrogens is 306 g/mol. The molecule has 0 spiro atoms. The normalized spacial score (nSPS) is 11.5. The number of hydrogen-bond acceptors (Lipinski definition) is 4. The van der Waals surface area contributed by atoms with Crippen LogP contribution in [0.25, 0.3) is 0 Å². The first-order chi connectivity index (χ1) is 11.3. The highest BCUT2D eigenvalue weighted by Crippen LogP contribution is 2.22. The molecule has 124 valence electrons. The van der Waals surface area contributed by atoms with Crippen molar-refractivity contribution in [1.29, 1.82) is 0 Å². The number of nitrogens with zero attached hydrogens (tertiary/aromatic N) is 2. The summed E-state index contributed by atoms with van der Waals surface area (Å²) in [5.74, 6) is -0.370. The lowest BCUT2D eigenvalue weighted by Crippen LogP contribution is -2.18. The van der Waals surface area contributed by atoms with Crippen LogP contribution in [0.2, 0.25) is 0 Å². The molecule has 0 aliphatic rings. The van der Waals surface area contributed by atoms with E-state index >= 15 is 0 Å². The third kappa shape index (κ3) is 4.25. The van der Waals surface area contributed by atoms with Gasteiger partial charge >= 0.3 is 0 Å². The van der Waals surface area contributed by atoms with Gasteiger partial charge < -0.3 is 0 Å². The quantitative estimate of drug-likeness (QED) is 0.529. The standard InChI is InChI=1S/C18H19N3O3/c1-18(2,3)15-10-8-13(9-11-15)17(22)20-19-12-14-6-4-5-7-16(14)21(23)24/h4-12H,1-3H3,(H,20,22)/b19-12-. The fourth-order valence-electron chi connectivity index (χ4n) is 2.11. The average molecular weight is 325 g/mol. The Morgan fingerprint density at radius 3 is 2.33 bits per heavy atom. The number of carbonyl (C=O) groups excluding carboxylic acids is 1. The van der Waals surface area contributed by atoms with Crippen LogP contribution < -0.4 is 5.43 Å². The molecule has 0 heterocycles. The van der Waals surface area contributed by atoms with Crippen molar-refractivity contribution in [2.45, 2.75) is 26.2 Å². The van der Waals surface area contributed by atoms with Gasteiger partial charge in [-0.05, 0) is 29.2 Å². The number of para-hydroxylation sites is 1. The maximum absolute atomic E-state index is 12.1. The molecule has 0 aliphatic heterocycles. The predicted octanol–water partition coefficient (Wildman–Crippen LogP) is 3.66. The summed E-state index contributed by atoms with van der Waals surface area (Å²) in [4.78, 5) is 22.5. The molecule has 0 saturated carbocycles. The maximum Gasteiger partial charge on any atom is 0.278 e. The van der Waals surface area contributed by atoms with Crippen LogP contribution in [0.4, 0.5) is 5.69 Å². The van der Waals surface area contributed by atoms with Crippen molar-refractivity contribution in [1.82, 2.24) is 5.43 Å². The van der Waals surface area contributed by atoms with Gasteiger partial charge in [0.05, 0.1) is 16.7 Å². The summed E-state index contributed by atoms with van der Waals surface area (Å²) in [5, 5.41) is 14.7. The highest BCUT2D eigenvalue weighted by molar-refractivity contribution is 5.95. The van der Waals surface area contributed by atoms with Gasteiger partial charge in [-0.25, -0.2) is 5.43 Å². The van der Waals surface area contributed by atoms with E-state index in [2.05, 4.69) is 31.3 Å². The first-order valence-electron chi connectivity index (χ1n) is 7.46. The molecule has 2 aromatic carbocycles. The Balaban J connectivity index is 2.07. The molecule has 2 rings (SSSR count). The van der Waals surface area contributed by atoms with E-state index in [1.807, 2.05) is 12.1 Å². The second-order valence-electron chi connectivity index (χ2n) is 6.34. The second kappa shape index (κ2) is 7.04. The fourth-order valence-corrected chi connectivity index (χ4v) is 2.11. The van der Waals surface area contributed by atoms with Crippen LogP contribution in [-0.4, -0.2) is 17.0 Å². The number of nitro benzene ring substituents is 1. The van der Waals surface area contributed by atoms with Crippen molar-refractivity contribution >= 4 is 17.8 Å². The van der Waals surface area contributed by atoms with Crippen molar-refractivity contribution in [2.24, 2.45) is 5.10 Å². The molecule has 0 atom stereocenters. The Morgan fingerprint density at radius 1 is 1.12 bits per heavy atom. The lowest BCUT2D eigenvalue weighted by atomic mass is 9.87. The van der Waals surface area contributed by atoms with Crippen LogP contribution in [0.5, 0.6) is 0 Å². The summed E-state index contributed by atoms with van der Waals surface area (Å²) in [6.45, 7) is 6.29. The molecule has 0 aromatic heterocycles. The molecule has 0 fully saturated rings. The largest absolute Gasteiger partial charge is 0.278 e. The van der Waals surface area contributed by atoms with Gasteiger partial charge in [0.2, 0.25) is 0 Å². The SMILES string of the molecule is CC(C)(C)c1ccc(C(=O)N/N=C\c2ccccc2[N+](=O)[O-])cc1. The number of nitro groups is 1. The van der Waals surface area contributed by atoms with Crippen molar-refractivity contribution in [3.63, 3.8) is 0 Å². The Morgan fingerprint density at radius 2 is 1.75 bits per heavy atom. The lowest BCUT2D eigenvalue weighted by Gasteiger charge is -2.18. The number of carbonyl (C=O) groups is 1. The number of hydrazone groups is 1. The molecule has 0 unspecified atom stereocenters. The predicted molar refractivity (Wildman–Crippen MR) is 93.3 cm³/mol. The van der Waals surface area contributed by atoms with Crippen LogP contribution in [-0.2, 0) is 5.41 Å². The van der Waals surface area contributed by atoms with Gasteiger partial charge in [-0.2, -0.15) is 5.10 Å². The Labute approximate surface area is 140 Å². The summed E-state index contributed by atoms with van der Waals surface area (Å²) in [5.41, 5.74) is 4.26. The summed E-state index contributed by atoms with van der Waals surface area (Å²) in [6, 6.07) is 13.5. The van der Waals surface area contributed by atoms with E-state index in [1.165, 1.54) is 12.3 Å². The van der Waals surface area contributed by atoms with Crippen LogP contribution in [0.3, 0.4) is 0 Å². The van der Waals surface area contributed by atoms with E-state index in [0.717, 1.165) is 5.56 Å². The third-order valence-electron chi connectivity index (χ3n) is 3.52. The van der Waals surface area contributed by atoms with E-state index in [4.69, 9.17) is 0 Å². The second-order valence-corrected chi connectivity index (χ2v) is 6.34. The maximum atomic E-state index is 12.1. The number of nitrogens with one attached hydrogen (secondary N) is 1. The van der Waals surface area contributed by atoms with Gasteiger partial charge in [0.1, 0.15) is 0 Å². The number of rotatable bonds is 4. The van der Waals surface area contributed by atoms with E-state index in [1.54, 1.807) is 30.3 Å². The van der Waals surface area contributed by atoms with Crippen molar-refractivity contribution < 1.29 is 9.72 Å². The van der Waals surface area contributed by atoms with Crippen molar-refractivity contribution in [3.05, 3.63) is 75.3 Å². The van der Waals surface area contributed by atoms with E-state index in [0.29, 0.717) is 11.1 Å². The molecule has 0 saturated heterocycles. The molecule has 0 radical (unpaired) electrons. The molecule has 6 heteroatoms. The third-order valence-corrected chi connectivity index (χ3v) is 3.52. The summed E-state index contributed by atoms with van der Waals surface area (Å²) < 4.78 is 0. The number of benzene rings is 2. The first kappa shape index (κ1) is 17.3. The van der Waals surface area contributed by atoms with Crippen LogP contribution in [0.1, 0.15) is 42.3 Å². The first-order valence-corrected chi connectivity index (χ1v) is 7.46. The fraction of sp³-hybridized carbons (Fsp3) is 0.222. The minimum absolute atomic E-state index is 0.0133. The molecular formula is C18H19N3O3. The smallest absolute Gasteiger partial charge is 0.267 e. The van der Waals surface area contributed by atoms with Gasteiger partial charge in [0.15, 0.2) is 0 Å². The summed E-state index contributed by atoms with van der Waals surface area (Å²) >= 11 is 0. The highest BCUT2D eigenvalue weighted by Gasteiger charge is 2.14. The summed E-state index contributed by atoms with van der Waals surface area (Å²) in [7, 11) is 0. The Hall–Kier alpha value is -3.02. The molecule has 0 bridgehead atoms.